The van der Waals surface area contributed by atoms with Gasteiger partial charge in [0.05, 0.1) is 117 Å². The van der Waals surface area contributed by atoms with Crippen LogP contribution in [0.4, 0.5) is 17.6 Å². The summed E-state index contributed by atoms with van der Waals surface area (Å²) in [4.78, 5) is 201. The molecule has 0 radical (unpaired) electrons. The Morgan fingerprint density at radius 2 is 1.22 bits per heavy atom. The maximum absolute atomic E-state index is 15.5. The number of aliphatic hydroxyl groups excluding tert-OH is 2. The SMILES string of the molecule is C[C@@H]1O[C@@H](O[C@H]2C[C@](O)(C(=O)CO)Cc3c(O)c4c(c(O)c32)C(=O)c2ccccc2C4=O)C[C@H](NC(=O)C2CC(F)(F)CN2C(=O)CNC(=O)c2ccnc3ccc(OCCCCNC(=O)C(CCC(=O)NCCCCOc4ccc5nccc(C(=O)NCC(=O)N6CC(F)(F)C[C@@H]6C#N)c5c4)NC(=O)CCCCC4(N(C)CC(=O)O)CN(CC(=O)O)CCN(CC(=O)O)C4)cc23)[C@@H]1O. The molecule has 6 aliphatic rings. The number of halogens is 4. The average molecular weight is 1870 g/mol. The molecule has 2 aromatic heterocycles. The van der Waals surface area contributed by atoms with Crippen LogP contribution >= 0.6 is 0 Å². The number of carbonyl (C=O) groups excluding carboxylic acids is 11. The number of ether oxygens (including phenoxy) is 4. The number of phenolic OH excluding ortho intramolecular Hbond substituents is 2. The molecule has 2 unspecified atom stereocenters. The van der Waals surface area contributed by atoms with Gasteiger partial charge in [0.2, 0.25) is 35.4 Å². The Kier molecular flexibility index (Phi) is 32.3. The van der Waals surface area contributed by atoms with E-state index in [1.54, 1.807) is 58.1 Å². The molecule has 0 bridgehead atoms. The normalized spacial score (nSPS) is 21.5. The summed E-state index contributed by atoms with van der Waals surface area (Å²) in [5.74, 6) is -20.8. The van der Waals surface area contributed by atoms with Crippen molar-refractivity contribution in [3.63, 3.8) is 0 Å². The lowest BCUT2D eigenvalue weighted by molar-refractivity contribution is -0.249. The summed E-state index contributed by atoms with van der Waals surface area (Å²) in [5, 5.41) is 112. The summed E-state index contributed by atoms with van der Waals surface area (Å²) >= 11 is 0. The highest BCUT2D eigenvalue weighted by molar-refractivity contribution is 6.30. The predicted octanol–water partition coefficient (Wildman–Crippen LogP) is 2.02. The van der Waals surface area contributed by atoms with Gasteiger partial charge >= 0.3 is 17.9 Å². The Bertz CT molecular complexity index is 5550. The van der Waals surface area contributed by atoms with Crippen LogP contribution in [0.3, 0.4) is 0 Å². The number of carboxylic acids is 3. The van der Waals surface area contributed by atoms with Crippen LogP contribution in [0.15, 0.2) is 85.2 Å². The number of nitrogens with one attached hydrogen (secondary N) is 6. The van der Waals surface area contributed by atoms with Gasteiger partial charge in [0.15, 0.2) is 23.6 Å². The van der Waals surface area contributed by atoms with E-state index < -0.39 is 261 Å². The van der Waals surface area contributed by atoms with E-state index in [0.717, 1.165) is 4.90 Å². The number of fused-ring (bicyclic) bond motifs is 5. The zero-order chi connectivity index (χ0) is 96.8. The van der Waals surface area contributed by atoms with Crippen molar-refractivity contribution in [1.29, 1.82) is 5.26 Å². The molecule has 134 heavy (non-hydrogen) atoms. The topological polar surface area (TPSA) is 576 Å². The quantitative estimate of drug-likeness (QED) is 0.0148. The number of Topliss-reactive ketones (excluding diaryl/α,β-unsaturated/α-hetero) is 1. The Balaban J connectivity index is 0.632. The third-order valence-corrected chi connectivity index (χ3v) is 24.7. The molecule has 718 valence electrons. The van der Waals surface area contributed by atoms with Crippen LogP contribution in [0.5, 0.6) is 23.0 Å². The minimum Gasteiger partial charge on any atom is -0.507 e. The number of benzene rings is 4. The third kappa shape index (κ3) is 24.1. The number of ketones is 3. The first-order valence-electron chi connectivity index (χ1n) is 43.6. The fraction of sp³-hybridized carbons (Fsp3) is 0.500. The van der Waals surface area contributed by atoms with Crippen LogP contribution in [0.1, 0.15) is 167 Å². The Labute approximate surface area is 762 Å². The van der Waals surface area contributed by atoms with Gasteiger partial charge in [0.25, 0.3) is 23.7 Å². The summed E-state index contributed by atoms with van der Waals surface area (Å²) in [7, 11) is 1.55. The van der Waals surface area contributed by atoms with Gasteiger partial charge in [-0.15, -0.1) is 0 Å². The zero-order valence-corrected chi connectivity index (χ0v) is 73.1. The highest BCUT2D eigenvalue weighted by Gasteiger charge is 2.54. The number of pyridine rings is 2. The maximum atomic E-state index is 15.5. The summed E-state index contributed by atoms with van der Waals surface area (Å²) in [5.41, 5.74) is -4.99. The van der Waals surface area contributed by atoms with Crippen LogP contribution in [0.25, 0.3) is 21.8 Å². The van der Waals surface area contributed by atoms with Crippen LogP contribution in [0.2, 0.25) is 0 Å². The number of nitrogens with zero attached hydrogens (tertiary/aromatic N) is 8. The van der Waals surface area contributed by atoms with Gasteiger partial charge in [-0.3, -0.25) is 91.8 Å². The Hall–Kier alpha value is -13.0. The molecule has 14 N–H and O–H groups in total. The van der Waals surface area contributed by atoms with Gasteiger partial charge in [-0.1, -0.05) is 30.7 Å². The summed E-state index contributed by atoms with van der Waals surface area (Å²) in [6.45, 7) is -4.05. The van der Waals surface area contributed by atoms with Gasteiger partial charge in [0.1, 0.15) is 59.4 Å². The van der Waals surface area contributed by atoms with Crippen molar-refractivity contribution in [2.24, 2.45) is 0 Å². The lowest BCUT2D eigenvalue weighted by atomic mass is 9.72. The van der Waals surface area contributed by atoms with E-state index in [2.05, 4.69) is 41.9 Å². The van der Waals surface area contributed by atoms with Gasteiger partial charge in [-0.2, -0.15) is 5.26 Å². The lowest BCUT2D eigenvalue weighted by Crippen LogP contribution is -2.59. The first-order chi connectivity index (χ1) is 63.7. The molecular formula is C90H104F4N14O26. The number of rotatable bonds is 41. The smallest absolute Gasteiger partial charge is 0.317 e. The molecule has 4 aliphatic heterocycles. The first kappa shape index (κ1) is 100.0. The molecular weight excluding hydrogens is 1770 g/mol. The minimum absolute atomic E-state index is 0.0332. The van der Waals surface area contributed by atoms with E-state index in [4.69, 9.17) is 18.9 Å². The molecule has 4 saturated heterocycles. The molecule has 40 nitrogen and oxygen atoms in total. The number of aromatic hydroxyl groups is 2. The third-order valence-electron chi connectivity index (χ3n) is 24.7. The van der Waals surface area contributed by atoms with Gasteiger partial charge < -0.3 is 102 Å². The number of likely N-dealkylation sites (N-methyl/N-ethyl adjacent to an activating group) is 1. The van der Waals surface area contributed by atoms with Crippen molar-refractivity contribution in [2.75, 3.05) is 112 Å². The monoisotopic (exact) mass is 1870 g/mol. The van der Waals surface area contributed by atoms with E-state index in [-0.39, 0.29) is 136 Å². The van der Waals surface area contributed by atoms with Crippen molar-refractivity contribution < 1.29 is 144 Å². The maximum Gasteiger partial charge on any atom is 0.317 e. The number of aliphatic hydroxyl groups is 3. The van der Waals surface area contributed by atoms with Crippen LogP contribution < -0.4 is 41.4 Å². The number of aliphatic carboxylic acids is 3. The van der Waals surface area contributed by atoms with E-state index in [0.29, 0.717) is 52.8 Å². The summed E-state index contributed by atoms with van der Waals surface area (Å²) in [6, 6.07) is 13.5. The number of hydrogen-bond acceptors (Lipinski definition) is 29. The molecule has 6 heterocycles. The predicted molar refractivity (Wildman–Crippen MR) is 459 cm³/mol. The van der Waals surface area contributed by atoms with Crippen molar-refractivity contribution >= 4 is 104 Å². The van der Waals surface area contributed by atoms with Crippen LogP contribution in [-0.2, 0) is 63.8 Å². The summed E-state index contributed by atoms with van der Waals surface area (Å²) < 4.78 is 83.2. The van der Waals surface area contributed by atoms with E-state index in [9.17, 15) is 122 Å². The van der Waals surface area contributed by atoms with Gasteiger partial charge in [-0.05, 0) is 107 Å². The molecule has 2 aliphatic carbocycles. The molecule has 44 heteroatoms. The van der Waals surface area contributed by atoms with Crippen molar-refractivity contribution in [3.8, 4) is 29.1 Å². The number of alkyl halides is 4. The molecule has 6 aromatic rings. The highest BCUT2D eigenvalue weighted by atomic mass is 19.3. The number of amides is 8. The van der Waals surface area contributed by atoms with Gasteiger partial charge in [0, 0.05) is 135 Å². The number of carboxylic acid groups (broad SMARTS) is 3. The molecule has 9 atom stereocenters. The lowest BCUT2D eigenvalue weighted by Gasteiger charge is -2.44. The number of likely N-dealkylation sites (tertiary alicyclic amines) is 2. The molecule has 4 fully saturated rings. The molecule has 4 aromatic carbocycles. The van der Waals surface area contributed by atoms with Crippen LogP contribution in [0, 0.1) is 11.3 Å². The standard InChI is InChI=1S/C90H104F4N14O26/c1-49-78(121)63(33-74(133-49)134-65-37-88(130,66(110)44-109)35-59-75(65)82(125)77-76(81(59)124)79(122)53-11-3-4-12-54(53)80(77)123)103-86(129)64-36-90(93,94)48-108(64)70(114)40-101-84(127)56-21-26-97-61-17-15-52(32-58(56)61)132-30-10-8-24-99-85(128)62(102-68(112)13-5-6-22-87(104(2)41-71(115)116)45-105(42-72(117)118)27-28-106(46-87)43-73(119)120)18-19-67(111)98-23-7-9-29-131-51-14-16-60-57(31-51)55(20-25-96-60)83(126)100-39-69(113)107-47-89(91,92)34-50(107)38-95/h3-4,11-12,14-17,20-21,25-26,31-32,49-50,62-65,74,78,109,121,124-125,130H,5-10,13,18-19,22-24,27-30,33-37,39-48H2,1-2H3,(H,98,111)(H,99,128)(H,100,126)(H,101,127)(H,102,112)(H,103,129)(H,115,116)(H,117,118)(H,119,120)/t49-,50+,62?,63-,64?,65-,74-,78+,88-/m0/s1. The minimum atomic E-state index is -3.64. The second-order valence-corrected chi connectivity index (χ2v) is 34.3. The highest BCUT2D eigenvalue weighted by Crippen LogP contribution is 2.52. The number of carbonyl (C=O) groups is 14. The molecule has 12 rings (SSSR count). The molecule has 8 amide bonds. The Morgan fingerprint density at radius 1 is 0.664 bits per heavy atom. The van der Waals surface area contributed by atoms with Crippen molar-refractivity contribution in [2.45, 2.75) is 175 Å². The number of phenols is 2. The largest absolute Gasteiger partial charge is 0.507 e. The van der Waals surface area contributed by atoms with Crippen molar-refractivity contribution in [1.82, 2.24) is 66.4 Å². The second kappa shape index (κ2) is 43.3. The first-order valence-corrected chi connectivity index (χ1v) is 43.6. The fourth-order valence-electron chi connectivity index (χ4n) is 17.9. The molecule has 0 saturated carbocycles. The second-order valence-electron chi connectivity index (χ2n) is 34.3. The number of nitriles is 1. The van der Waals surface area contributed by atoms with Crippen molar-refractivity contribution in [3.05, 3.63) is 130 Å². The average Bonchev–Trinajstić information content (AvgIpc) is 0.852. The van der Waals surface area contributed by atoms with Crippen LogP contribution in [-0.4, -0.2) is 335 Å². The van der Waals surface area contributed by atoms with Gasteiger partial charge in [-0.25, -0.2) is 17.6 Å². The number of hydrogen-bond donors (Lipinski definition) is 14. The zero-order valence-electron chi connectivity index (χ0n) is 73.1. The van der Waals surface area contributed by atoms with E-state index >= 15 is 8.78 Å². The summed E-state index contributed by atoms with van der Waals surface area (Å²) in [6.07, 6.45) is -5.91. The fourth-order valence-corrected chi connectivity index (χ4v) is 17.9. The van der Waals surface area contributed by atoms with E-state index in [1.165, 1.54) is 61.8 Å². The number of aromatic nitrogens is 2. The Morgan fingerprint density at radius 3 is 1.78 bits per heavy atom. The van der Waals surface area contributed by atoms with E-state index in [1.807, 2.05) is 0 Å². The molecule has 0 spiro atoms. The number of unbranched alkanes of at least 4 members (excludes halogenated alkanes) is 3.